The lowest BCUT2D eigenvalue weighted by molar-refractivity contribution is 0.481. The van der Waals surface area contributed by atoms with Crippen LogP contribution in [0.3, 0.4) is 0 Å². The molecule has 0 bridgehead atoms. The average molecular weight is 260 g/mol. The molecule has 0 spiro atoms. The number of furan rings is 1. The minimum absolute atomic E-state index is 0.692. The number of aromatic nitrogens is 2. The molecule has 5 heteroatoms. The third-order valence-electron chi connectivity index (χ3n) is 2.91. The van der Waals surface area contributed by atoms with E-state index >= 15 is 0 Å². The van der Waals surface area contributed by atoms with Gasteiger partial charge in [-0.25, -0.2) is 9.97 Å². The maximum Gasteiger partial charge on any atom is 0.134 e. The maximum atomic E-state index is 5.59. The second-order valence-electron chi connectivity index (χ2n) is 4.50. The van der Waals surface area contributed by atoms with Crippen LogP contribution in [0.1, 0.15) is 24.3 Å². The summed E-state index contributed by atoms with van der Waals surface area (Å²) in [6.45, 7) is 4.69. The van der Waals surface area contributed by atoms with Crippen molar-refractivity contribution in [2.45, 2.75) is 26.8 Å². The van der Waals surface area contributed by atoms with Crippen molar-refractivity contribution in [3.05, 3.63) is 35.5 Å². The molecule has 5 nitrogen and oxygen atoms in total. The standard InChI is InChI=1S/C14H20N4O/c1-5-12-16-13(15-3)8-14(17-12)18(4)9-11-7-6-10(2)19-11/h6-8H,5,9H2,1-4H3,(H,15,16,17). The van der Waals surface area contributed by atoms with Crippen LogP contribution in [0.4, 0.5) is 11.6 Å². The van der Waals surface area contributed by atoms with Crippen molar-refractivity contribution in [1.82, 2.24) is 9.97 Å². The molecule has 0 aliphatic rings. The number of nitrogens with one attached hydrogen (secondary N) is 1. The van der Waals surface area contributed by atoms with Gasteiger partial charge in [-0.15, -0.1) is 0 Å². The van der Waals surface area contributed by atoms with E-state index in [1.807, 2.05) is 39.2 Å². The Labute approximate surface area is 113 Å². The summed E-state index contributed by atoms with van der Waals surface area (Å²) in [7, 11) is 3.86. The van der Waals surface area contributed by atoms with Crippen molar-refractivity contribution in [2.24, 2.45) is 0 Å². The van der Waals surface area contributed by atoms with E-state index in [0.29, 0.717) is 6.54 Å². The van der Waals surface area contributed by atoms with Crippen molar-refractivity contribution in [1.29, 1.82) is 0 Å². The monoisotopic (exact) mass is 260 g/mol. The van der Waals surface area contributed by atoms with E-state index in [4.69, 9.17) is 4.42 Å². The Morgan fingerprint density at radius 3 is 2.68 bits per heavy atom. The van der Waals surface area contributed by atoms with Crippen molar-refractivity contribution in [3.63, 3.8) is 0 Å². The highest BCUT2D eigenvalue weighted by molar-refractivity contribution is 5.48. The van der Waals surface area contributed by atoms with E-state index in [2.05, 4.69) is 27.1 Å². The Hall–Kier alpha value is -2.04. The fourth-order valence-corrected chi connectivity index (χ4v) is 1.85. The molecule has 102 valence electrons. The molecule has 0 saturated carbocycles. The molecule has 1 N–H and O–H groups in total. The highest BCUT2D eigenvalue weighted by Crippen LogP contribution is 2.18. The maximum absolute atomic E-state index is 5.59. The number of hydrogen-bond acceptors (Lipinski definition) is 5. The van der Waals surface area contributed by atoms with Gasteiger partial charge in [-0.05, 0) is 19.1 Å². The van der Waals surface area contributed by atoms with Crippen LogP contribution in [0.5, 0.6) is 0 Å². The zero-order valence-corrected chi connectivity index (χ0v) is 11.9. The second kappa shape index (κ2) is 5.73. The quantitative estimate of drug-likeness (QED) is 0.895. The Morgan fingerprint density at radius 2 is 2.11 bits per heavy atom. The summed E-state index contributed by atoms with van der Waals surface area (Å²) < 4.78 is 5.59. The first-order valence-electron chi connectivity index (χ1n) is 6.44. The van der Waals surface area contributed by atoms with E-state index in [1.54, 1.807) is 0 Å². The lowest BCUT2D eigenvalue weighted by Crippen LogP contribution is -2.18. The van der Waals surface area contributed by atoms with Crippen LogP contribution >= 0.6 is 0 Å². The first kappa shape index (κ1) is 13.4. The topological polar surface area (TPSA) is 54.2 Å². The summed E-state index contributed by atoms with van der Waals surface area (Å²) in [4.78, 5) is 11.0. The Bertz CT molecular complexity index is 528. The molecule has 0 unspecified atom stereocenters. The van der Waals surface area contributed by atoms with Gasteiger partial charge in [-0.3, -0.25) is 0 Å². The van der Waals surface area contributed by atoms with Crippen LogP contribution in [-0.2, 0) is 13.0 Å². The molecule has 0 amide bonds. The first-order valence-corrected chi connectivity index (χ1v) is 6.44. The summed E-state index contributed by atoms with van der Waals surface area (Å²) in [5, 5.41) is 3.06. The SMILES string of the molecule is CCc1nc(NC)cc(N(C)Cc2ccc(C)o2)n1. The number of nitrogens with zero attached hydrogens (tertiary/aromatic N) is 3. The van der Waals surface area contributed by atoms with Gasteiger partial charge in [0.1, 0.15) is 29.0 Å². The van der Waals surface area contributed by atoms with Gasteiger partial charge in [0.05, 0.1) is 6.54 Å². The van der Waals surface area contributed by atoms with Gasteiger partial charge in [0.15, 0.2) is 0 Å². The van der Waals surface area contributed by atoms with E-state index in [1.165, 1.54) is 0 Å². The third kappa shape index (κ3) is 3.24. The molecule has 0 aromatic carbocycles. The largest absolute Gasteiger partial charge is 0.464 e. The summed E-state index contributed by atoms with van der Waals surface area (Å²) in [5.41, 5.74) is 0. The van der Waals surface area contributed by atoms with Crippen LogP contribution in [0.15, 0.2) is 22.6 Å². The molecular formula is C14H20N4O. The predicted octanol–water partition coefficient (Wildman–Crippen LogP) is 2.62. The molecule has 2 aromatic rings. The van der Waals surface area contributed by atoms with Gasteiger partial charge in [-0.2, -0.15) is 0 Å². The average Bonchev–Trinajstić information content (AvgIpc) is 2.83. The van der Waals surface area contributed by atoms with E-state index in [0.717, 1.165) is 35.4 Å². The lowest BCUT2D eigenvalue weighted by atomic mass is 10.3. The van der Waals surface area contributed by atoms with Crippen LogP contribution < -0.4 is 10.2 Å². The predicted molar refractivity (Wildman–Crippen MR) is 76.5 cm³/mol. The van der Waals surface area contributed by atoms with Crippen LogP contribution in [0, 0.1) is 6.92 Å². The molecule has 0 fully saturated rings. The lowest BCUT2D eigenvalue weighted by Gasteiger charge is -2.18. The zero-order chi connectivity index (χ0) is 13.8. The number of hydrogen-bond donors (Lipinski definition) is 1. The van der Waals surface area contributed by atoms with Crippen molar-refractivity contribution in [2.75, 3.05) is 24.3 Å². The molecule has 2 aromatic heterocycles. The number of rotatable bonds is 5. The van der Waals surface area contributed by atoms with E-state index < -0.39 is 0 Å². The highest BCUT2D eigenvalue weighted by atomic mass is 16.3. The molecule has 0 atom stereocenters. The minimum atomic E-state index is 0.692. The third-order valence-corrected chi connectivity index (χ3v) is 2.91. The molecule has 0 saturated heterocycles. The number of anilines is 2. The molecule has 0 radical (unpaired) electrons. The van der Waals surface area contributed by atoms with Crippen molar-refractivity contribution < 1.29 is 4.42 Å². The minimum Gasteiger partial charge on any atom is -0.464 e. The Morgan fingerprint density at radius 1 is 1.32 bits per heavy atom. The van der Waals surface area contributed by atoms with Crippen molar-refractivity contribution >= 4 is 11.6 Å². The summed E-state index contributed by atoms with van der Waals surface area (Å²) in [6, 6.07) is 5.90. The first-order chi connectivity index (χ1) is 9.12. The van der Waals surface area contributed by atoms with Crippen LogP contribution in [-0.4, -0.2) is 24.1 Å². The van der Waals surface area contributed by atoms with E-state index in [-0.39, 0.29) is 0 Å². The molecular weight excluding hydrogens is 240 g/mol. The van der Waals surface area contributed by atoms with Gasteiger partial charge >= 0.3 is 0 Å². The highest BCUT2D eigenvalue weighted by Gasteiger charge is 2.09. The summed E-state index contributed by atoms with van der Waals surface area (Å²) in [6.07, 6.45) is 0.816. The van der Waals surface area contributed by atoms with E-state index in [9.17, 15) is 0 Å². The smallest absolute Gasteiger partial charge is 0.134 e. The van der Waals surface area contributed by atoms with Gasteiger partial charge < -0.3 is 14.6 Å². The zero-order valence-electron chi connectivity index (χ0n) is 11.9. The molecule has 0 aliphatic carbocycles. The number of aryl methyl sites for hydroxylation is 2. The van der Waals surface area contributed by atoms with Gasteiger partial charge in [0.25, 0.3) is 0 Å². The van der Waals surface area contributed by atoms with Gasteiger partial charge in [0.2, 0.25) is 0 Å². The molecule has 2 heterocycles. The van der Waals surface area contributed by atoms with Crippen LogP contribution in [0.25, 0.3) is 0 Å². The summed E-state index contributed by atoms with van der Waals surface area (Å²) in [5.74, 6) is 4.43. The Kier molecular flexibility index (Phi) is 4.04. The Balaban J connectivity index is 2.20. The molecule has 0 aliphatic heterocycles. The van der Waals surface area contributed by atoms with Gasteiger partial charge in [-0.1, -0.05) is 6.92 Å². The van der Waals surface area contributed by atoms with Crippen LogP contribution in [0.2, 0.25) is 0 Å². The normalized spacial score (nSPS) is 10.5. The molecule has 2 rings (SSSR count). The van der Waals surface area contributed by atoms with Gasteiger partial charge in [0, 0.05) is 26.6 Å². The van der Waals surface area contributed by atoms with Crippen molar-refractivity contribution in [3.8, 4) is 0 Å². The fraction of sp³-hybridized carbons (Fsp3) is 0.429. The fourth-order valence-electron chi connectivity index (χ4n) is 1.85. The molecule has 19 heavy (non-hydrogen) atoms. The summed E-state index contributed by atoms with van der Waals surface area (Å²) >= 11 is 0. The second-order valence-corrected chi connectivity index (χ2v) is 4.50.